The van der Waals surface area contributed by atoms with Crippen LogP contribution in [0.4, 0.5) is 0 Å². The van der Waals surface area contributed by atoms with E-state index in [4.69, 9.17) is 9.52 Å². The molecule has 0 aromatic carbocycles. The number of carbonyl (C=O) groups is 2. The van der Waals surface area contributed by atoms with Crippen molar-refractivity contribution in [1.29, 1.82) is 0 Å². The van der Waals surface area contributed by atoms with E-state index in [1.807, 2.05) is 0 Å². The van der Waals surface area contributed by atoms with E-state index in [2.05, 4.69) is 5.32 Å². The minimum Gasteiger partial charge on any atom is -0.480 e. The van der Waals surface area contributed by atoms with Crippen LogP contribution >= 0.6 is 0 Å². The van der Waals surface area contributed by atoms with Crippen molar-refractivity contribution >= 4 is 21.9 Å². The van der Waals surface area contributed by atoms with Gasteiger partial charge in [-0.3, -0.25) is 9.59 Å². The standard InChI is InChI=1S/C10H14N2O6S/c1-6(10(14)15)11-9(13)7-4-8(18-5-7)19(16,17)12(2)3/h4-6H,1-3H3,(H,11,13)(H,14,15)/t6-/m1/s1. The lowest BCUT2D eigenvalue weighted by Gasteiger charge is -2.08. The van der Waals surface area contributed by atoms with Gasteiger partial charge in [0.25, 0.3) is 15.9 Å². The second-order valence-electron chi connectivity index (χ2n) is 3.98. The monoisotopic (exact) mass is 290 g/mol. The highest BCUT2D eigenvalue weighted by Gasteiger charge is 2.24. The molecule has 0 bridgehead atoms. The van der Waals surface area contributed by atoms with Gasteiger partial charge in [-0.25, -0.2) is 12.7 Å². The molecule has 0 aliphatic carbocycles. The van der Waals surface area contributed by atoms with Crippen LogP contribution in [0, 0.1) is 0 Å². The van der Waals surface area contributed by atoms with Gasteiger partial charge in [-0.2, -0.15) is 0 Å². The number of aliphatic carboxylic acids is 1. The van der Waals surface area contributed by atoms with Crippen molar-refractivity contribution in [3.63, 3.8) is 0 Å². The molecule has 1 aromatic rings. The minimum atomic E-state index is -3.76. The quantitative estimate of drug-likeness (QED) is 0.771. The SMILES string of the molecule is C[C@@H](NC(=O)c1coc(S(=O)(=O)N(C)C)c1)C(=O)O. The summed E-state index contributed by atoms with van der Waals surface area (Å²) in [5.41, 5.74) is -0.0616. The van der Waals surface area contributed by atoms with Crippen molar-refractivity contribution in [2.24, 2.45) is 0 Å². The topological polar surface area (TPSA) is 117 Å². The number of hydrogen-bond acceptors (Lipinski definition) is 5. The fraction of sp³-hybridized carbons (Fsp3) is 0.400. The van der Waals surface area contributed by atoms with E-state index >= 15 is 0 Å². The van der Waals surface area contributed by atoms with Gasteiger partial charge < -0.3 is 14.8 Å². The molecule has 1 heterocycles. The number of nitrogens with one attached hydrogen (secondary N) is 1. The maximum absolute atomic E-state index is 11.7. The molecule has 9 heteroatoms. The van der Waals surface area contributed by atoms with Crippen LogP contribution in [-0.2, 0) is 14.8 Å². The summed E-state index contributed by atoms with van der Waals surface area (Å²) in [6.45, 7) is 1.29. The number of carbonyl (C=O) groups excluding carboxylic acids is 1. The Morgan fingerprint density at radius 3 is 2.47 bits per heavy atom. The predicted molar refractivity (Wildman–Crippen MR) is 64.1 cm³/mol. The Morgan fingerprint density at radius 1 is 1.42 bits per heavy atom. The molecule has 0 aliphatic heterocycles. The highest BCUT2D eigenvalue weighted by atomic mass is 32.2. The number of sulfonamides is 1. The van der Waals surface area contributed by atoms with Gasteiger partial charge in [-0.05, 0) is 6.92 Å². The number of nitrogens with zero attached hydrogens (tertiary/aromatic N) is 1. The summed E-state index contributed by atoms with van der Waals surface area (Å²) in [7, 11) is -1.12. The number of rotatable bonds is 5. The van der Waals surface area contributed by atoms with Crippen molar-refractivity contribution < 1.29 is 27.5 Å². The average molecular weight is 290 g/mol. The van der Waals surface area contributed by atoms with E-state index in [9.17, 15) is 18.0 Å². The Balaban J connectivity index is 2.92. The highest BCUT2D eigenvalue weighted by Crippen LogP contribution is 2.16. The largest absolute Gasteiger partial charge is 0.480 e. The van der Waals surface area contributed by atoms with Crippen LogP contribution in [-0.4, -0.2) is 49.8 Å². The molecule has 19 heavy (non-hydrogen) atoms. The van der Waals surface area contributed by atoms with Gasteiger partial charge in [0, 0.05) is 20.2 Å². The lowest BCUT2D eigenvalue weighted by molar-refractivity contribution is -0.138. The van der Waals surface area contributed by atoms with E-state index in [0.717, 1.165) is 16.6 Å². The lowest BCUT2D eigenvalue weighted by atomic mass is 10.3. The summed E-state index contributed by atoms with van der Waals surface area (Å²) in [5, 5.41) is 10.4. The second kappa shape index (κ2) is 5.41. The zero-order valence-corrected chi connectivity index (χ0v) is 11.4. The van der Waals surface area contributed by atoms with Crippen LogP contribution in [0.5, 0.6) is 0 Å². The van der Waals surface area contributed by atoms with E-state index in [1.165, 1.54) is 21.0 Å². The van der Waals surface area contributed by atoms with E-state index in [-0.39, 0.29) is 10.7 Å². The average Bonchev–Trinajstić information content (AvgIpc) is 2.78. The molecule has 2 N–H and O–H groups in total. The Bertz CT molecular complexity index is 589. The van der Waals surface area contributed by atoms with Crippen molar-refractivity contribution in [3.8, 4) is 0 Å². The first-order valence-corrected chi connectivity index (χ1v) is 6.65. The Morgan fingerprint density at radius 2 is 2.00 bits per heavy atom. The molecule has 0 unspecified atom stereocenters. The lowest BCUT2D eigenvalue weighted by Crippen LogP contribution is -2.38. The first-order chi connectivity index (χ1) is 8.66. The zero-order valence-electron chi connectivity index (χ0n) is 10.6. The summed E-state index contributed by atoms with van der Waals surface area (Å²) in [6, 6.07) is -0.0458. The van der Waals surface area contributed by atoms with E-state index in [0.29, 0.717) is 0 Å². The molecule has 0 radical (unpaired) electrons. The van der Waals surface area contributed by atoms with Gasteiger partial charge >= 0.3 is 5.97 Å². The molecule has 0 saturated carbocycles. The number of furan rings is 1. The smallest absolute Gasteiger partial charge is 0.325 e. The number of amides is 1. The number of carboxylic acid groups (broad SMARTS) is 1. The molecule has 0 saturated heterocycles. The maximum atomic E-state index is 11.7. The molecule has 1 amide bonds. The van der Waals surface area contributed by atoms with Crippen molar-refractivity contribution in [3.05, 3.63) is 17.9 Å². The number of carboxylic acids is 1. The fourth-order valence-electron chi connectivity index (χ4n) is 1.09. The van der Waals surface area contributed by atoms with Crippen LogP contribution < -0.4 is 5.32 Å². The summed E-state index contributed by atoms with van der Waals surface area (Å²) in [5.74, 6) is -1.92. The first kappa shape index (κ1) is 15.2. The van der Waals surface area contributed by atoms with E-state index in [1.54, 1.807) is 0 Å². The van der Waals surface area contributed by atoms with Gasteiger partial charge in [0.15, 0.2) is 0 Å². The molecule has 106 valence electrons. The van der Waals surface area contributed by atoms with Gasteiger partial charge in [-0.15, -0.1) is 0 Å². The summed E-state index contributed by atoms with van der Waals surface area (Å²) < 4.78 is 29.2. The van der Waals surface area contributed by atoms with Gasteiger partial charge in [0.05, 0.1) is 5.56 Å². The molecule has 1 atom stereocenters. The van der Waals surface area contributed by atoms with Crippen LogP contribution in [0.2, 0.25) is 0 Å². The third-order valence-corrected chi connectivity index (χ3v) is 3.97. The Hall–Kier alpha value is -1.87. The third-order valence-electron chi connectivity index (χ3n) is 2.29. The molecule has 0 aliphatic rings. The van der Waals surface area contributed by atoms with Crippen LogP contribution in [0.1, 0.15) is 17.3 Å². The summed E-state index contributed by atoms with van der Waals surface area (Å²) >= 11 is 0. The zero-order chi connectivity index (χ0) is 14.8. The molecular formula is C10H14N2O6S. The van der Waals surface area contributed by atoms with Crippen molar-refractivity contribution in [2.45, 2.75) is 18.1 Å². The van der Waals surface area contributed by atoms with Crippen LogP contribution in [0.15, 0.2) is 21.8 Å². The summed E-state index contributed by atoms with van der Waals surface area (Å²) in [4.78, 5) is 22.2. The number of hydrogen-bond donors (Lipinski definition) is 2. The molecule has 1 aromatic heterocycles. The fourth-order valence-corrected chi connectivity index (χ4v) is 1.90. The Labute approximate surface area is 110 Å². The van der Waals surface area contributed by atoms with Gasteiger partial charge in [0.2, 0.25) is 5.09 Å². The minimum absolute atomic E-state index is 0.0616. The highest BCUT2D eigenvalue weighted by molar-refractivity contribution is 7.88. The Kier molecular flexibility index (Phi) is 4.32. The van der Waals surface area contributed by atoms with Crippen LogP contribution in [0.25, 0.3) is 0 Å². The van der Waals surface area contributed by atoms with Gasteiger partial charge in [-0.1, -0.05) is 0 Å². The van der Waals surface area contributed by atoms with E-state index < -0.39 is 27.9 Å². The molecule has 8 nitrogen and oxygen atoms in total. The van der Waals surface area contributed by atoms with Crippen LogP contribution in [0.3, 0.4) is 0 Å². The molecule has 1 rings (SSSR count). The van der Waals surface area contributed by atoms with Crippen molar-refractivity contribution in [1.82, 2.24) is 9.62 Å². The van der Waals surface area contributed by atoms with Gasteiger partial charge in [0.1, 0.15) is 12.3 Å². The normalized spacial score (nSPS) is 13.3. The molecular weight excluding hydrogens is 276 g/mol. The van der Waals surface area contributed by atoms with Crippen molar-refractivity contribution in [2.75, 3.05) is 14.1 Å². The third kappa shape index (κ3) is 3.32. The summed E-state index contributed by atoms with van der Waals surface area (Å²) in [6.07, 6.45) is 0.959. The first-order valence-electron chi connectivity index (χ1n) is 5.21. The second-order valence-corrected chi connectivity index (χ2v) is 6.06. The maximum Gasteiger partial charge on any atom is 0.325 e. The molecule has 0 spiro atoms. The predicted octanol–water partition coefficient (Wildman–Crippen LogP) is -0.267. The molecule has 0 fully saturated rings.